The summed E-state index contributed by atoms with van der Waals surface area (Å²) in [6.45, 7) is 0.240. The molecule has 0 aliphatic carbocycles. The number of nitrogens with zero attached hydrogens (tertiary/aromatic N) is 3. The number of carbonyl (C=O) groups excluding carboxylic acids is 1. The predicted molar refractivity (Wildman–Crippen MR) is 94.6 cm³/mol. The molecule has 1 amide bonds. The van der Waals surface area contributed by atoms with Crippen molar-refractivity contribution in [2.24, 2.45) is 0 Å². The van der Waals surface area contributed by atoms with Gasteiger partial charge in [-0.15, -0.1) is 11.3 Å². The van der Waals surface area contributed by atoms with E-state index in [9.17, 15) is 4.79 Å². The van der Waals surface area contributed by atoms with Crippen molar-refractivity contribution in [2.75, 3.05) is 7.05 Å². The maximum atomic E-state index is 12.2. The van der Waals surface area contributed by atoms with Gasteiger partial charge in [0, 0.05) is 18.1 Å². The van der Waals surface area contributed by atoms with E-state index in [-0.39, 0.29) is 12.5 Å². The van der Waals surface area contributed by atoms with E-state index in [4.69, 9.17) is 16.1 Å². The minimum atomic E-state index is -0.175. The number of carbonyl (C=O) groups is 1. The summed E-state index contributed by atoms with van der Waals surface area (Å²) in [5.41, 5.74) is 0.790. The van der Waals surface area contributed by atoms with E-state index in [0.717, 1.165) is 10.4 Å². The first-order valence-electron chi connectivity index (χ1n) is 7.17. The number of thiophene rings is 1. The maximum Gasteiger partial charge on any atom is 0.246 e. The van der Waals surface area contributed by atoms with E-state index >= 15 is 0 Å². The standard InChI is InChI=1S/C17H14ClN3O2S/c1-21(16(22)9-8-12-5-2-3-6-13(12)18)11-15-19-17(20-23-15)14-7-4-10-24-14/h2-10H,11H2,1H3/b9-8+. The first-order valence-corrected chi connectivity index (χ1v) is 8.43. The fourth-order valence-corrected chi connectivity index (χ4v) is 2.85. The monoisotopic (exact) mass is 359 g/mol. The molecule has 0 N–H and O–H groups in total. The van der Waals surface area contributed by atoms with Crippen LogP contribution in [0.2, 0.25) is 5.02 Å². The van der Waals surface area contributed by atoms with Crippen LogP contribution >= 0.6 is 22.9 Å². The molecule has 0 fully saturated rings. The molecule has 0 bridgehead atoms. The molecule has 7 heteroatoms. The summed E-state index contributed by atoms with van der Waals surface area (Å²) in [6, 6.07) is 11.2. The highest BCUT2D eigenvalue weighted by Crippen LogP contribution is 2.21. The van der Waals surface area contributed by atoms with Crippen molar-refractivity contribution in [1.29, 1.82) is 0 Å². The minimum absolute atomic E-state index is 0.175. The molecular formula is C17H14ClN3O2S. The van der Waals surface area contributed by atoms with Gasteiger partial charge in [0.1, 0.15) is 0 Å². The Bertz CT molecular complexity index is 858. The van der Waals surface area contributed by atoms with E-state index in [1.165, 1.54) is 22.3 Å². The fraction of sp³-hybridized carbons (Fsp3) is 0.118. The van der Waals surface area contributed by atoms with Crippen LogP contribution in [0.1, 0.15) is 11.5 Å². The molecule has 2 heterocycles. The third kappa shape index (κ3) is 3.90. The third-order valence-electron chi connectivity index (χ3n) is 3.27. The molecular weight excluding hydrogens is 346 g/mol. The number of amides is 1. The molecule has 2 aromatic heterocycles. The van der Waals surface area contributed by atoms with Crippen molar-refractivity contribution < 1.29 is 9.32 Å². The lowest BCUT2D eigenvalue weighted by molar-refractivity contribution is -0.125. The Labute approximate surface area is 148 Å². The van der Waals surface area contributed by atoms with Gasteiger partial charge in [0.15, 0.2) is 0 Å². The summed E-state index contributed by atoms with van der Waals surface area (Å²) in [6.07, 6.45) is 3.16. The Morgan fingerprint density at radius 1 is 1.33 bits per heavy atom. The molecule has 3 aromatic rings. The topological polar surface area (TPSA) is 59.2 Å². The Morgan fingerprint density at radius 2 is 2.17 bits per heavy atom. The zero-order valence-electron chi connectivity index (χ0n) is 12.8. The molecule has 0 spiro atoms. The first kappa shape index (κ1) is 16.4. The third-order valence-corrected chi connectivity index (χ3v) is 4.48. The number of hydrogen-bond donors (Lipinski definition) is 0. The van der Waals surface area contributed by atoms with Crippen LogP contribution in [0.4, 0.5) is 0 Å². The van der Waals surface area contributed by atoms with Crippen molar-refractivity contribution in [1.82, 2.24) is 15.0 Å². The van der Waals surface area contributed by atoms with Gasteiger partial charge in [-0.1, -0.05) is 41.0 Å². The zero-order chi connectivity index (χ0) is 16.9. The van der Waals surface area contributed by atoms with Crippen molar-refractivity contribution in [3.8, 4) is 10.7 Å². The van der Waals surface area contributed by atoms with Crippen LogP contribution in [0.3, 0.4) is 0 Å². The summed E-state index contributed by atoms with van der Waals surface area (Å²) >= 11 is 7.59. The highest BCUT2D eigenvalue weighted by molar-refractivity contribution is 7.13. The van der Waals surface area contributed by atoms with Crippen molar-refractivity contribution >= 4 is 34.9 Å². The second-order valence-electron chi connectivity index (χ2n) is 5.04. The molecule has 3 rings (SSSR count). The molecule has 0 unspecified atom stereocenters. The van der Waals surface area contributed by atoms with E-state index in [1.54, 1.807) is 19.2 Å². The van der Waals surface area contributed by atoms with E-state index in [2.05, 4.69) is 10.1 Å². The number of likely N-dealkylation sites (N-methyl/N-ethyl adjacent to an activating group) is 1. The fourth-order valence-electron chi connectivity index (χ4n) is 2.00. The van der Waals surface area contributed by atoms with Crippen LogP contribution < -0.4 is 0 Å². The van der Waals surface area contributed by atoms with Gasteiger partial charge in [-0.3, -0.25) is 4.79 Å². The van der Waals surface area contributed by atoms with Crippen LogP contribution in [0, 0.1) is 0 Å². The Balaban J connectivity index is 1.63. The van der Waals surface area contributed by atoms with Gasteiger partial charge in [-0.2, -0.15) is 4.98 Å². The quantitative estimate of drug-likeness (QED) is 0.643. The normalized spacial score (nSPS) is 11.1. The molecule has 0 radical (unpaired) electrons. The molecule has 0 aliphatic heterocycles. The Morgan fingerprint density at radius 3 is 2.92 bits per heavy atom. The van der Waals surface area contributed by atoms with Crippen molar-refractivity contribution in [2.45, 2.75) is 6.54 Å². The summed E-state index contributed by atoms with van der Waals surface area (Å²) < 4.78 is 5.20. The van der Waals surface area contributed by atoms with Gasteiger partial charge in [-0.05, 0) is 29.2 Å². The second kappa shape index (κ2) is 7.42. The lowest BCUT2D eigenvalue weighted by atomic mass is 10.2. The van der Waals surface area contributed by atoms with Crippen molar-refractivity contribution in [3.05, 3.63) is 64.3 Å². The van der Waals surface area contributed by atoms with E-state index in [1.807, 2.05) is 35.7 Å². The van der Waals surface area contributed by atoms with Gasteiger partial charge in [-0.25, -0.2) is 0 Å². The maximum absolute atomic E-state index is 12.2. The molecule has 0 saturated carbocycles. The molecule has 24 heavy (non-hydrogen) atoms. The highest BCUT2D eigenvalue weighted by atomic mass is 35.5. The molecule has 122 valence electrons. The van der Waals surface area contributed by atoms with E-state index < -0.39 is 0 Å². The van der Waals surface area contributed by atoms with Crippen LogP contribution in [0.15, 0.2) is 52.4 Å². The minimum Gasteiger partial charge on any atom is -0.337 e. The lowest BCUT2D eigenvalue weighted by Gasteiger charge is -2.11. The number of rotatable bonds is 5. The van der Waals surface area contributed by atoms with Gasteiger partial charge >= 0.3 is 0 Å². The summed E-state index contributed by atoms with van der Waals surface area (Å²) in [5, 5.41) is 6.47. The number of halogens is 1. The average Bonchev–Trinajstić information content (AvgIpc) is 3.25. The molecule has 0 saturated heterocycles. The smallest absolute Gasteiger partial charge is 0.246 e. The molecule has 5 nitrogen and oxygen atoms in total. The predicted octanol–water partition coefficient (Wildman–Crippen LogP) is 4.12. The zero-order valence-corrected chi connectivity index (χ0v) is 14.4. The van der Waals surface area contributed by atoms with Gasteiger partial charge in [0.25, 0.3) is 0 Å². The van der Waals surface area contributed by atoms with Gasteiger partial charge < -0.3 is 9.42 Å². The first-order chi connectivity index (χ1) is 11.6. The second-order valence-corrected chi connectivity index (χ2v) is 6.39. The average molecular weight is 360 g/mol. The largest absolute Gasteiger partial charge is 0.337 e. The lowest BCUT2D eigenvalue weighted by Crippen LogP contribution is -2.24. The Kier molecular flexibility index (Phi) is 5.08. The van der Waals surface area contributed by atoms with Crippen LogP contribution in [-0.2, 0) is 11.3 Å². The van der Waals surface area contributed by atoms with Crippen LogP contribution in [0.25, 0.3) is 16.8 Å². The van der Waals surface area contributed by atoms with Gasteiger partial charge in [0.2, 0.25) is 17.6 Å². The number of hydrogen-bond acceptors (Lipinski definition) is 5. The number of aromatic nitrogens is 2. The molecule has 0 aliphatic rings. The SMILES string of the molecule is CN(Cc1nc(-c2cccs2)no1)C(=O)/C=C/c1ccccc1Cl. The Hall–Kier alpha value is -2.44. The van der Waals surface area contributed by atoms with E-state index in [0.29, 0.717) is 16.7 Å². The summed E-state index contributed by atoms with van der Waals surface area (Å²) in [7, 11) is 1.67. The van der Waals surface area contributed by atoms with Gasteiger partial charge in [0.05, 0.1) is 11.4 Å². The molecule has 1 aromatic carbocycles. The van der Waals surface area contributed by atoms with Crippen LogP contribution in [-0.4, -0.2) is 28.0 Å². The molecule has 0 atom stereocenters. The summed E-state index contributed by atoms with van der Waals surface area (Å²) in [5.74, 6) is 0.749. The summed E-state index contributed by atoms with van der Waals surface area (Å²) in [4.78, 5) is 18.9. The van der Waals surface area contributed by atoms with Crippen LogP contribution in [0.5, 0.6) is 0 Å². The highest BCUT2D eigenvalue weighted by Gasteiger charge is 2.13. The number of benzene rings is 1. The van der Waals surface area contributed by atoms with Crippen molar-refractivity contribution in [3.63, 3.8) is 0 Å².